The monoisotopic (exact) mass is 363 g/mol. The molecule has 1 atom stereocenters. The normalized spacial score (nSPS) is 16.8. The molecule has 0 saturated heterocycles. The molecule has 0 saturated carbocycles. The zero-order valence-electron chi connectivity index (χ0n) is 13.5. The van der Waals surface area contributed by atoms with Gasteiger partial charge in [-0.15, -0.1) is 11.3 Å². The van der Waals surface area contributed by atoms with Gasteiger partial charge in [0.05, 0.1) is 9.21 Å². The molecule has 126 valence electrons. The predicted molar refractivity (Wildman–Crippen MR) is 97.8 cm³/mol. The Bertz CT molecular complexity index is 773. The molecule has 0 fully saturated rings. The Balaban J connectivity index is 1.60. The van der Waals surface area contributed by atoms with Crippen LogP contribution >= 0.6 is 22.9 Å². The molecule has 2 heterocycles. The number of hydrogen-bond acceptors (Lipinski definition) is 5. The second-order valence-electron chi connectivity index (χ2n) is 5.87. The Morgan fingerprint density at radius 2 is 2.25 bits per heavy atom. The highest BCUT2D eigenvalue weighted by Gasteiger charge is 2.29. The summed E-state index contributed by atoms with van der Waals surface area (Å²) < 4.78 is 0.693. The molecule has 24 heavy (non-hydrogen) atoms. The minimum atomic E-state index is -0.613. The third kappa shape index (κ3) is 4.14. The number of halogens is 1. The number of nitrogens with one attached hydrogen (secondary N) is 1. The maximum absolute atomic E-state index is 12.4. The average molecular weight is 364 g/mol. The van der Waals surface area contributed by atoms with Gasteiger partial charge in [0, 0.05) is 18.7 Å². The van der Waals surface area contributed by atoms with Gasteiger partial charge >= 0.3 is 0 Å². The van der Waals surface area contributed by atoms with E-state index in [-0.39, 0.29) is 5.91 Å². The van der Waals surface area contributed by atoms with E-state index in [1.165, 1.54) is 11.3 Å². The second kappa shape index (κ2) is 7.34. The summed E-state index contributed by atoms with van der Waals surface area (Å²) in [7, 11) is 4.01. The van der Waals surface area contributed by atoms with Crippen molar-refractivity contribution in [2.45, 2.75) is 19.1 Å². The Kier molecular flexibility index (Phi) is 5.18. The van der Waals surface area contributed by atoms with Gasteiger partial charge in [-0.1, -0.05) is 28.9 Å². The Labute approximate surface area is 149 Å². The number of carbonyl (C=O) groups excluding carboxylic acids is 1. The van der Waals surface area contributed by atoms with Crippen LogP contribution in [0.1, 0.15) is 16.9 Å². The maximum atomic E-state index is 12.4. The topological polar surface area (TPSA) is 53.9 Å². The lowest BCUT2D eigenvalue weighted by atomic mass is 10.1. The van der Waals surface area contributed by atoms with Crippen molar-refractivity contribution in [2.24, 2.45) is 5.16 Å². The van der Waals surface area contributed by atoms with Gasteiger partial charge in [-0.2, -0.15) is 0 Å². The van der Waals surface area contributed by atoms with E-state index >= 15 is 0 Å². The van der Waals surface area contributed by atoms with Crippen LogP contribution in [0.5, 0.6) is 0 Å². The van der Waals surface area contributed by atoms with E-state index in [4.69, 9.17) is 16.4 Å². The van der Waals surface area contributed by atoms with Gasteiger partial charge in [0.1, 0.15) is 5.71 Å². The fourth-order valence-corrected chi connectivity index (χ4v) is 3.50. The molecular weight excluding hydrogens is 346 g/mol. The first-order valence-electron chi connectivity index (χ1n) is 7.54. The quantitative estimate of drug-likeness (QED) is 0.883. The molecule has 0 unspecified atom stereocenters. The smallest absolute Gasteiger partial charge is 0.268 e. The minimum absolute atomic E-state index is 0.196. The van der Waals surface area contributed by atoms with Crippen molar-refractivity contribution in [1.82, 2.24) is 4.90 Å². The van der Waals surface area contributed by atoms with Gasteiger partial charge in [-0.3, -0.25) is 4.79 Å². The van der Waals surface area contributed by atoms with Gasteiger partial charge < -0.3 is 15.1 Å². The summed E-state index contributed by atoms with van der Waals surface area (Å²) in [6, 6.07) is 11.5. The number of rotatable bonds is 5. The molecular formula is C17H18ClN3O2S. The van der Waals surface area contributed by atoms with Crippen LogP contribution in [0.2, 0.25) is 4.34 Å². The first-order valence-corrected chi connectivity index (χ1v) is 8.73. The van der Waals surface area contributed by atoms with Crippen LogP contribution in [0.25, 0.3) is 0 Å². The first kappa shape index (κ1) is 17.0. The molecule has 1 aromatic carbocycles. The van der Waals surface area contributed by atoms with Crippen molar-refractivity contribution < 1.29 is 9.63 Å². The number of nitrogens with zero attached hydrogens (tertiary/aromatic N) is 2. The van der Waals surface area contributed by atoms with Crippen LogP contribution in [-0.2, 0) is 16.2 Å². The second-order valence-corrected chi connectivity index (χ2v) is 7.58. The lowest BCUT2D eigenvalue weighted by Crippen LogP contribution is -2.28. The van der Waals surface area contributed by atoms with Crippen molar-refractivity contribution in [3.63, 3.8) is 0 Å². The molecule has 7 heteroatoms. The number of hydrogen-bond donors (Lipinski definition) is 1. The predicted octanol–water partition coefficient (Wildman–Crippen LogP) is 3.59. The molecule has 5 nitrogen and oxygen atoms in total. The number of benzene rings is 1. The summed E-state index contributed by atoms with van der Waals surface area (Å²) in [6.45, 7) is 0.816. The van der Waals surface area contributed by atoms with Crippen molar-refractivity contribution >= 4 is 40.2 Å². The van der Waals surface area contributed by atoms with Gasteiger partial charge in [-0.05, 0) is 43.9 Å². The summed E-state index contributed by atoms with van der Waals surface area (Å²) >= 11 is 7.36. The summed E-state index contributed by atoms with van der Waals surface area (Å²) in [4.78, 5) is 20.7. The van der Waals surface area contributed by atoms with E-state index in [0.29, 0.717) is 10.8 Å². The fraction of sp³-hybridized carbons (Fsp3) is 0.294. The maximum Gasteiger partial charge on any atom is 0.268 e. The zero-order valence-corrected chi connectivity index (χ0v) is 15.0. The van der Waals surface area contributed by atoms with E-state index in [1.54, 1.807) is 0 Å². The summed E-state index contributed by atoms with van der Waals surface area (Å²) in [5.74, 6) is -0.196. The van der Waals surface area contributed by atoms with E-state index < -0.39 is 6.10 Å². The largest absolute Gasteiger partial charge is 0.382 e. The summed E-state index contributed by atoms with van der Waals surface area (Å²) in [6.07, 6.45) is -0.168. The SMILES string of the molecule is CN(C)Cc1cccc(NC(=O)[C@H]2CC(c3ccc(Cl)s3)=NO2)c1. The lowest BCUT2D eigenvalue weighted by molar-refractivity contribution is -0.125. The van der Waals surface area contributed by atoms with E-state index in [1.807, 2.05) is 50.5 Å². The van der Waals surface area contributed by atoms with Gasteiger partial charge in [0.15, 0.2) is 0 Å². The standard InChI is InChI=1S/C17H18ClN3O2S/c1-21(2)10-11-4-3-5-12(8-11)19-17(22)14-9-13(20-23-14)15-6-7-16(18)24-15/h3-8,14H,9-10H2,1-2H3,(H,19,22)/t14-/m1/s1. The van der Waals surface area contributed by atoms with Crippen molar-refractivity contribution in [1.29, 1.82) is 0 Å². The van der Waals surface area contributed by atoms with Crippen LogP contribution in [0, 0.1) is 0 Å². The van der Waals surface area contributed by atoms with Gasteiger partial charge in [0.25, 0.3) is 5.91 Å². The molecule has 0 spiro atoms. The van der Waals surface area contributed by atoms with Crippen LogP contribution in [0.3, 0.4) is 0 Å². The van der Waals surface area contributed by atoms with Crippen molar-refractivity contribution in [2.75, 3.05) is 19.4 Å². The Morgan fingerprint density at radius 1 is 1.42 bits per heavy atom. The van der Waals surface area contributed by atoms with E-state index in [0.717, 1.165) is 28.4 Å². The van der Waals surface area contributed by atoms with Gasteiger partial charge in [0.2, 0.25) is 6.10 Å². The average Bonchev–Trinajstić information content (AvgIpc) is 3.15. The van der Waals surface area contributed by atoms with Crippen LogP contribution in [-0.4, -0.2) is 36.7 Å². The first-order chi connectivity index (χ1) is 11.5. The molecule has 0 bridgehead atoms. The molecule has 0 aliphatic carbocycles. The number of amides is 1. The zero-order chi connectivity index (χ0) is 17.1. The third-order valence-corrected chi connectivity index (χ3v) is 4.79. The minimum Gasteiger partial charge on any atom is -0.382 e. The number of anilines is 1. The molecule has 0 radical (unpaired) electrons. The highest BCUT2D eigenvalue weighted by molar-refractivity contribution is 7.18. The molecule has 1 amide bonds. The fourth-order valence-electron chi connectivity index (χ4n) is 2.47. The van der Waals surface area contributed by atoms with E-state index in [2.05, 4.69) is 15.4 Å². The van der Waals surface area contributed by atoms with Crippen LogP contribution in [0.4, 0.5) is 5.69 Å². The Hall–Kier alpha value is -1.89. The molecule has 1 aromatic heterocycles. The number of oxime groups is 1. The molecule has 2 aromatic rings. The lowest BCUT2D eigenvalue weighted by Gasteiger charge is -2.13. The Morgan fingerprint density at radius 3 is 2.96 bits per heavy atom. The number of thiophene rings is 1. The highest BCUT2D eigenvalue weighted by Crippen LogP contribution is 2.26. The van der Waals surface area contributed by atoms with Crippen LogP contribution in [0.15, 0.2) is 41.6 Å². The molecule has 3 rings (SSSR count). The molecule has 1 aliphatic rings. The molecule has 1 N–H and O–H groups in total. The van der Waals surface area contributed by atoms with Crippen molar-refractivity contribution in [3.8, 4) is 0 Å². The van der Waals surface area contributed by atoms with Crippen molar-refractivity contribution in [3.05, 3.63) is 51.2 Å². The van der Waals surface area contributed by atoms with E-state index in [9.17, 15) is 4.79 Å². The molecule has 1 aliphatic heterocycles. The third-order valence-electron chi connectivity index (χ3n) is 3.51. The number of carbonyl (C=O) groups is 1. The van der Waals surface area contributed by atoms with Crippen LogP contribution < -0.4 is 5.32 Å². The highest BCUT2D eigenvalue weighted by atomic mass is 35.5. The summed E-state index contributed by atoms with van der Waals surface area (Å²) in [5.41, 5.74) is 2.65. The summed E-state index contributed by atoms with van der Waals surface area (Å²) in [5, 5.41) is 6.92. The van der Waals surface area contributed by atoms with Gasteiger partial charge in [-0.25, -0.2) is 0 Å².